The maximum Gasteiger partial charge on any atom is 0.234 e. The molecule has 1 fully saturated rings. The summed E-state index contributed by atoms with van der Waals surface area (Å²) >= 11 is 1.37. The molecule has 1 aromatic carbocycles. The van der Waals surface area contributed by atoms with Gasteiger partial charge in [0.1, 0.15) is 0 Å². The van der Waals surface area contributed by atoms with Gasteiger partial charge in [-0.25, -0.2) is 0 Å². The first-order valence-corrected chi connectivity index (χ1v) is 8.73. The Balaban J connectivity index is 0.00000264. The summed E-state index contributed by atoms with van der Waals surface area (Å²) in [5.74, 6) is 0.712. The van der Waals surface area contributed by atoms with Crippen LogP contribution < -0.4 is 10.6 Å². The highest BCUT2D eigenvalue weighted by molar-refractivity contribution is 8.00. The van der Waals surface area contributed by atoms with Crippen LogP contribution in [0.15, 0.2) is 24.3 Å². The van der Waals surface area contributed by atoms with E-state index in [0.29, 0.717) is 11.5 Å². The van der Waals surface area contributed by atoms with Gasteiger partial charge >= 0.3 is 0 Å². The molecule has 0 atom stereocenters. The van der Waals surface area contributed by atoms with Crippen molar-refractivity contribution in [1.82, 2.24) is 10.2 Å². The van der Waals surface area contributed by atoms with E-state index in [0.717, 1.165) is 43.9 Å². The highest BCUT2D eigenvalue weighted by atomic mass is 35.5. The Morgan fingerprint density at radius 2 is 1.91 bits per heavy atom. The van der Waals surface area contributed by atoms with Crippen molar-refractivity contribution >= 4 is 41.7 Å². The summed E-state index contributed by atoms with van der Waals surface area (Å²) in [6, 6.07) is 7.68. The molecule has 1 aliphatic rings. The van der Waals surface area contributed by atoms with E-state index >= 15 is 0 Å². The predicted octanol–water partition coefficient (Wildman–Crippen LogP) is 1.91. The van der Waals surface area contributed by atoms with E-state index in [4.69, 9.17) is 0 Å². The standard InChI is InChI=1S/C16H23N3O2S.ClH/c1-13-3-5-14(6-4-13)18-15(20)11-22-12-16(21)19-9-2-7-17-8-10-19;/h3-6,17H,2,7-12H2,1H3,(H,18,20);1H. The van der Waals surface area contributed by atoms with Crippen LogP contribution in [0.5, 0.6) is 0 Å². The zero-order chi connectivity index (χ0) is 15.8. The van der Waals surface area contributed by atoms with E-state index in [-0.39, 0.29) is 24.2 Å². The molecule has 0 unspecified atom stereocenters. The monoisotopic (exact) mass is 357 g/mol. The van der Waals surface area contributed by atoms with Crippen LogP contribution >= 0.6 is 24.2 Å². The number of halogens is 1. The first-order chi connectivity index (χ1) is 10.6. The van der Waals surface area contributed by atoms with Gasteiger partial charge in [-0.1, -0.05) is 17.7 Å². The van der Waals surface area contributed by atoms with E-state index in [1.807, 2.05) is 36.1 Å². The highest BCUT2D eigenvalue weighted by Gasteiger charge is 2.15. The molecule has 23 heavy (non-hydrogen) atoms. The Hall–Kier alpha value is -1.24. The van der Waals surface area contributed by atoms with Crippen LogP contribution in [-0.2, 0) is 9.59 Å². The number of benzene rings is 1. The number of rotatable bonds is 5. The summed E-state index contributed by atoms with van der Waals surface area (Å²) < 4.78 is 0. The Morgan fingerprint density at radius 3 is 2.65 bits per heavy atom. The van der Waals surface area contributed by atoms with Gasteiger partial charge in [-0.2, -0.15) is 0 Å². The number of nitrogens with zero attached hydrogens (tertiary/aromatic N) is 1. The van der Waals surface area contributed by atoms with Crippen molar-refractivity contribution in [2.45, 2.75) is 13.3 Å². The molecule has 0 aliphatic carbocycles. The first-order valence-electron chi connectivity index (χ1n) is 7.58. The van der Waals surface area contributed by atoms with Crippen molar-refractivity contribution in [3.05, 3.63) is 29.8 Å². The van der Waals surface area contributed by atoms with E-state index in [1.165, 1.54) is 11.8 Å². The molecular formula is C16H24ClN3O2S. The molecule has 1 aliphatic heterocycles. The number of carbonyl (C=O) groups is 2. The van der Waals surface area contributed by atoms with Crippen LogP contribution in [0.3, 0.4) is 0 Å². The lowest BCUT2D eigenvalue weighted by Crippen LogP contribution is -2.35. The van der Waals surface area contributed by atoms with Crippen molar-refractivity contribution in [3.8, 4) is 0 Å². The molecule has 2 amide bonds. The molecule has 0 bridgehead atoms. The SMILES string of the molecule is Cc1ccc(NC(=O)CSCC(=O)N2CCCNCC2)cc1.Cl. The predicted molar refractivity (Wildman–Crippen MR) is 98.4 cm³/mol. The Morgan fingerprint density at radius 1 is 1.17 bits per heavy atom. The van der Waals surface area contributed by atoms with Gasteiger partial charge in [-0.05, 0) is 32.0 Å². The van der Waals surface area contributed by atoms with Crippen LogP contribution in [0.1, 0.15) is 12.0 Å². The average Bonchev–Trinajstić information content (AvgIpc) is 2.79. The van der Waals surface area contributed by atoms with Crippen LogP contribution in [-0.4, -0.2) is 54.4 Å². The van der Waals surface area contributed by atoms with Crippen molar-refractivity contribution in [2.75, 3.05) is 43.0 Å². The summed E-state index contributed by atoms with van der Waals surface area (Å²) in [7, 11) is 0. The number of aryl methyl sites for hydroxylation is 1. The lowest BCUT2D eigenvalue weighted by molar-refractivity contribution is -0.128. The highest BCUT2D eigenvalue weighted by Crippen LogP contribution is 2.10. The maximum absolute atomic E-state index is 12.1. The van der Waals surface area contributed by atoms with Crippen molar-refractivity contribution < 1.29 is 9.59 Å². The lowest BCUT2D eigenvalue weighted by atomic mass is 10.2. The Labute approximate surface area is 148 Å². The van der Waals surface area contributed by atoms with Crippen LogP contribution in [0.25, 0.3) is 0 Å². The molecule has 1 heterocycles. The van der Waals surface area contributed by atoms with Crippen LogP contribution in [0, 0.1) is 6.92 Å². The minimum Gasteiger partial charge on any atom is -0.341 e. The Kier molecular flexibility index (Phi) is 9.06. The van der Waals surface area contributed by atoms with Gasteiger partial charge in [0.25, 0.3) is 0 Å². The second-order valence-corrected chi connectivity index (χ2v) is 6.38. The molecule has 2 rings (SSSR count). The molecule has 5 nitrogen and oxygen atoms in total. The topological polar surface area (TPSA) is 61.4 Å². The molecule has 7 heteroatoms. The third-order valence-corrected chi connectivity index (χ3v) is 4.40. The quantitative estimate of drug-likeness (QED) is 0.845. The molecule has 0 spiro atoms. The van der Waals surface area contributed by atoms with Gasteiger partial charge in [0.05, 0.1) is 11.5 Å². The van der Waals surface area contributed by atoms with Gasteiger partial charge in [0, 0.05) is 25.3 Å². The summed E-state index contributed by atoms with van der Waals surface area (Å²) in [6.45, 7) is 5.39. The van der Waals surface area contributed by atoms with Crippen molar-refractivity contribution in [3.63, 3.8) is 0 Å². The van der Waals surface area contributed by atoms with Crippen LogP contribution in [0.2, 0.25) is 0 Å². The van der Waals surface area contributed by atoms with Crippen LogP contribution in [0.4, 0.5) is 5.69 Å². The molecule has 0 saturated carbocycles. The molecular weight excluding hydrogens is 334 g/mol. The molecule has 128 valence electrons. The van der Waals surface area contributed by atoms with E-state index in [2.05, 4.69) is 10.6 Å². The maximum atomic E-state index is 12.1. The third-order valence-electron chi connectivity index (χ3n) is 3.49. The van der Waals surface area contributed by atoms with Gasteiger partial charge in [-0.15, -0.1) is 24.2 Å². The first kappa shape index (κ1) is 19.8. The average molecular weight is 358 g/mol. The normalized spacial score (nSPS) is 14.6. The summed E-state index contributed by atoms with van der Waals surface area (Å²) in [5.41, 5.74) is 1.95. The number of hydrogen-bond donors (Lipinski definition) is 2. The molecule has 2 N–H and O–H groups in total. The molecule has 1 saturated heterocycles. The molecule has 0 aromatic heterocycles. The number of carbonyl (C=O) groups excluding carboxylic acids is 2. The van der Waals surface area contributed by atoms with Crippen molar-refractivity contribution in [1.29, 1.82) is 0 Å². The van der Waals surface area contributed by atoms with E-state index in [9.17, 15) is 9.59 Å². The fourth-order valence-corrected chi connectivity index (χ4v) is 2.97. The summed E-state index contributed by atoms with van der Waals surface area (Å²) in [6.07, 6.45) is 0.990. The van der Waals surface area contributed by atoms with Gasteiger partial charge < -0.3 is 15.5 Å². The Bertz CT molecular complexity index is 503. The number of thioether (sulfide) groups is 1. The zero-order valence-corrected chi connectivity index (χ0v) is 15.0. The largest absolute Gasteiger partial charge is 0.341 e. The smallest absolute Gasteiger partial charge is 0.234 e. The zero-order valence-electron chi connectivity index (χ0n) is 13.3. The van der Waals surface area contributed by atoms with E-state index in [1.54, 1.807) is 0 Å². The molecule has 0 radical (unpaired) electrons. The second kappa shape index (κ2) is 10.5. The molecule has 1 aromatic rings. The minimum absolute atomic E-state index is 0. The lowest BCUT2D eigenvalue weighted by Gasteiger charge is -2.19. The second-order valence-electron chi connectivity index (χ2n) is 5.39. The fourth-order valence-electron chi connectivity index (χ4n) is 2.25. The van der Waals surface area contributed by atoms with E-state index < -0.39 is 0 Å². The van der Waals surface area contributed by atoms with Gasteiger partial charge in [0.2, 0.25) is 11.8 Å². The number of amides is 2. The number of anilines is 1. The summed E-state index contributed by atoms with van der Waals surface area (Å²) in [4.78, 5) is 25.8. The number of nitrogens with one attached hydrogen (secondary N) is 2. The summed E-state index contributed by atoms with van der Waals surface area (Å²) in [5, 5.41) is 6.11. The van der Waals surface area contributed by atoms with Gasteiger partial charge in [0.15, 0.2) is 0 Å². The van der Waals surface area contributed by atoms with Gasteiger partial charge in [-0.3, -0.25) is 9.59 Å². The number of hydrogen-bond acceptors (Lipinski definition) is 4. The fraction of sp³-hybridized carbons (Fsp3) is 0.500. The minimum atomic E-state index is -0.0702. The third kappa shape index (κ3) is 7.24. The van der Waals surface area contributed by atoms with Crippen molar-refractivity contribution in [2.24, 2.45) is 0 Å².